The van der Waals surface area contributed by atoms with Crippen LogP contribution in [0.2, 0.25) is 0 Å². The minimum absolute atomic E-state index is 0.0859. The van der Waals surface area contributed by atoms with E-state index >= 15 is 0 Å². The molecule has 35 heavy (non-hydrogen) atoms. The summed E-state index contributed by atoms with van der Waals surface area (Å²) in [4.78, 5) is 18.1. The highest BCUT2D eigenvalue weighted by atomic mass is 32.2. The van der Waals surface area contributed by atoms with Crippen LogP contribution in [0, 0.1) is 19.7 Å². The number of benzene rings is 3. The standard InChI is InChI=1S/C29H26FN3OS/c1-20-18-25(21(2)32(20)17-16-22-12-14-23(30)15-13-22)28(34)19-35-29-31-26-10-6-7-11-27(26)33(29)24-8-4-3-5-9-24/h3-15,18H,16-17,19H2,1-2H3. The van der Waals surface area contributed by atoms with Gasteiger partial charge in [-0.15, -0.1) is 0 Å². The summed E-state index contributed by atoms with van der Waals surface area (Å²) in [6.07, 6.45) is 0.778. The Morgan fingerprint density at radius 3 is 2.43 bits per heavy atom. The molecule has 0 fully saturated rings. The molecule has 0 atom stereocenters. The van der Waals surface area contributed by atoms with Crippen LogP contribution in [0.15, 0.2) is 90.1 Å². The molecule has 5 aromatic rings. The smallest absolute Gasteiger partial charge is 0.175 e. The van der Waals surface area contributed by atoms with Crippen molar-refractivity contribution in [3.63, 3.8) is 0 Å². The highest BCUT2D eigenvalue weighted by Crippen LogP contribution is 2.29. The fourth-order valence-corrected chi connectivity index (χ4v) is 5.37. The van der Waals surface area contributed by atoms with E-state index in [0.717, 1.165) is 57.4 Å². The van der Waals surface area contributed by atoms with Gasteiger partial charge in [0.1, 0.15) is 5.82 Å². The van der Waals surface area contributed by atoms with Gasteiger partial charge in [-0.05, 0) is 68.3 Å². The number of thioether (sulfide) groups is 1. The van der Waals surface area contributed by atoms with E-state index in [1.54, 1.807) is 0 Å². The molecule has 0 bridgehead atoms. The van der Waals surface area contributed by atoms with Crippen molar-refractivity contribution in [3.8, 4) is 5.69 Å². The first-order valence-electron chi connectivity index (χ1n) is 11.6. The lowest BCUT2D eigenvalue weighted by Crippen LogP contribution is -2.09. The first kappa shape index (κ1) is 23.1. The number of carbonyl (C=O) groups excluding carboxylic acids is 1. The van der Waals surface area contributed by atoms with E-state index in [-0.39, 0.29) is 11.6 Å². The zero-order valence-electron chi connectivity index (χ0n) is 19.7. The Morgan fingerprint density at radius 2 is 1.66 bits per heavy atom. The van der Waals surface area contributed by atoms with Gasteiger partial charge in [0.15, 0.2) is 10.9 Å². The fraction of sp³-hybridized carbons (Fsp3) is 0.172. The van der Waals surface area contributed by atoms with Crippen molar-refractivity contribution >= 4 is 28.6 Å². The lowest BCUT2D eigenvalue weighted by molar-refractivity contribution is 0.102. The number of rotatable bonds is 8. The molecule has 0 spiro atoms. The average molecular weight is 484 g/mol. The number of nitrogens with zero attached hydrogens (tertiary/aromatic N) is 3. The zero-order valence-corrected chi connectivity index (χ0v) is 20.6. The van der Waals surface area contributed by atoms with Gasteiger partial charge in [-0.3, -0.25) is 9.36 Å². The Balaban J connectivity index is 1.35. The lowest BCUT2D eigenvalue weighted by atomic mass is 10.1. The summed E-state index contributed by atoms with van der Waals surface area (Å²) in [7, 11) is 0. The van der Waals surface area contributed by atoms with Crippen LogP contribution >= 0.6 is 11.8 Å². The Hall–Kier alpha value is -3.64. The van der Waals surface area contributed by atoms with Gasteiger partial charge in [-0.2, -0.15) is 0 Å². The minimum atomic E-state index is -0.228. The second kappa shape index (κ2) is 9.92. The van der Waals surface area contributed by atoms with Crippen LogP contribution in [0.5, 0.6) is 0 Å². The van der Waals surface area contributed by atoms with Crippen LogP contribution < -0.4 is 0 Å². The topological polar surface area (TPSA) is 39.8 Å². The van der Waals surface area contributed by atoms with E-state index in [4.69, 9.17) is 4.98 Å². The zero-order chi connectivity index (χ0) is 24.4. The van der Waals surface area contributed by atoms with Gasteiger partial charge in [0.05, 0.1) is 16.8 Å². The second-order valence-electron chi connectivity index (χ2n) is 8.58. The highest BCUT2D eigenvalue weighted by Gasteiger charge is 2.19. The SMILES string of the molecule is Cc1cc(C(=O)CSc2nc3ccccc3n2-c2ccccc2)c(C)n1CCc1ccc(F)cc1. The van der Waals surface area contributed by atoms with Gasteiger partial charge in [0, 0.05) is 29.2 Å². The van der Waals surface area contributed by atoms with Gasteiger partial charge in [-0.1, -0.05) is 54.2 Å². The summed E-state index contributed by atoms with van der Waals surface area (Å²) in [6.45, 7) is 4.76. The molecule has 2 aromatic heterocycles. The lowest BCUT2D eigenvalue weighted by Gasteiger charge is -2.10. The molecule has 3 aromatic carbocycles. The van der Waals surface area contributed by atoms with Crippen molar-refractivity contribution in [2.24, 2.45) is 0 Å². The molecule has 176 valence electrons. The third-order valence-corrected chi connectivity index (χ3v) is 7.23. The largest absolute Gasteiger partial charge is 0.348 e. The summed E-state index contributed by atoms with van der Waals surface area (Å²) in [5.41, 5.74) is 6.79. The molecule has 0 aliphatic rings. The summed E-state index contributed by atoms with van der Waals surface area (Å²) >= 11 is 1.46. The fourth-order valence-electron chi connectivity index (χ4n) is 4.45. The van der Waals surface area contributed by atoms with Gasteiger partial charge in [0.2, 0.25) is 0 Å². The summed E-state index contributed by atoms with van der Waals surface area (Å²) in [5.74, 6) is 0.161. The number of hydrogen-bond donors (Lipinski definition) is 0. The quantitative estimate of drug-likeness (QED) is 0.180. The van der Waals surface area contributed by atoms with Crippen molar-refractivity contribution in [2.45, 2.75) is 32.0 Å². The number of halogens is 1. The molecule has 0 aliphatic heterocycles. The summed E-state index contributed by atoms with van der Waals surface area (Å²) in [5, 5.41) is 0.802. The summed E-state index contributed by atoms with van der Waals surface area (Å²) in [6, 6.07) is 26.7. The van der Waals surface area contributed by atoms with Crippen molar-refractivity contribution < 1.29 is 9.18 Å². The maximum Gasteiger partial charge on any atom is 0.175 e. The molecule has 2 heterocycles. The van der Waals surface area contributed by atoms with Crippen molar-refractivity contribution in [2.75, 3.05) is 5.75 Å². The third-order valence-electron chi connectivity index (χ3n) is 6.29. The Labute approximate surface area is 208 Å². The molecule has 4 nitrogen and oxygen atoms in total. The number of imidazole rings is 1. The first-order chi connectivity index (χ1) is 17.0. The van der Waals surface area contributed by atoms with E-state index in [9.17, 15) is 9.18 Å². The van der Waals surface area contributed by atoms with E-state index in [0.29, 0.717) is 5.75 Å². The van der Waals surface area contributed by atoms with E-state index in [1.165, 1.54) is 23.9 Å². The van der Waals surface area contributed by atoms with Crippen LogP contribution in [-0.2, 0) is 13.0 Å². The molecule has 0 aliphatic carbocycles. The molecular weight excluding hydrogens is 457 g/mol. The van der Waals surface area contributed by atoms with Crippen LogP contribution in [0.1, 0.15) is 27.3 Å². The van der Waals surface area contributed by atoms with Crippen molar-refractivity contribution in [1.29, 1.82) is 0 Å². The average Bonchev–Trinajstić information content (AvgIpc) is 3.39. The molecular formula is C29H26FN3OS. The maximum atomic E-state index is 13.3. The second-order valence-corrected chi connectivity index (χ2v) is 9.52. The Bertz CT molecular complexity index is 1490. The predicted octanol–water partition coefficient (Wildman–Crippen LogP) is 6.80. The number of aryl methyl sites for hydroxylation is 2. The van der Waals surface area contributed by atoms with Crippen LogP contribution in [-0.4, -0.2) is 25.7 Å². The van der Waals surface area contributed by atoms with E-state index in [1.807, 2.05) is 68.4 Å². The number of carbonyl (C=O) groups is 1. The molecule has 5 rings (SSSR count). The molecule has 0 saturated carbocycles. The number of aromatic nitrogens is 3. The molecule has 0 radical (unpaired) electrons. The molecule has 0 unspecified atom stereocenters. The highest BCUT2D eigenvalue weighted by molar-refractivity contribution is 7.99. The molecule has 0 amide bonds. The van der Waals surface area contributed by atoms with Crippen LogP contribution in [0.4, 0.5) is 4.39 Å². The Kier molecular flexibility index (Phi) is 6.55. The van der Waals surface area contributed by atoms with Gasteiger partial charge in [-0.25, -0.2) is 9.37 Å². The third kappa shape index (κ3) is 4.80. The number of para-hydroxylation sites is 3. The normalized spacial score (nSPS) is 11.3. The van der Waals surface area contributed by atoms with Crippen molar-refractivity contribution in [3.05, 3.63) is 113 Å². The van der Waals surface area contributed by atoms with Gasteiger partial charge in [0.25, 0.3) is 0 Å². The maximum absolute atomic E-state index is 13.3. The predicted molar refractivity (Wildman–Crippen MR) is 140 cm³/mol. The Morgan fingerprint density at radius 1 is 0.943 bits per heavy atom. The number of ketones is 1. The van der Waals surface area contributed by atoms with Crippen LogP contribution in [0.25, 0.3) is 16.7 Å². The molecule has 0 saturated heterocycles. The first-order valence-corrected chi connectivity index (χ1v) is 12.6. The minimum Gasteiger partial charge on any atom is -0.348 e. The monoisotopic (exact) mass is 483 g/mol. The van der Waals surface area contributed by atoms with Gasteiger partial charge >= 0.3 is 0 Å². The van der Waals surface area contributed by atoms with Gasteiger partial charge < -0.3 is 4.57 Å². The summed E-state index contributed by atoms with van der Waals surface area (Å²) < 4.78 is 17.5. The van der Waals surface area contributed by atoms with Crippen LogP contribution in [0.3, 0.4) is 0 Å². The van der Waals surface area contributed by atoms with E-state index < -0.39 is 0 Å². The number of fused-ring (bicyclic) bond motifs is 1. The number of hydrogen-bond acceptors (Lipinski definition) is 3. The van der Waals surface area contributed by atoms with E-state index in [2.05, 4.69) is 27.3 Å². The number of Topliss-reactive ketones (excluding diaryl/α,β-unsaturated/α-hetero) is 1. The van der Waals surface area contributed by atoms with Crippen molar-refractivity contribution in [1.82, 2.24) is 14.1 Å². The molecule has 0 N–H and O–H groups in total. The molecule has 6 heteroatoms.